The molecule has 0 N–H and O–H groups in total. The average molecular weight is 286 g/mol. The monoisotopic (exact) mass is 286 g/mol. The van der Waals surface area contributed by atoms with Crippen molar-refractivity contribution >= 4 is 5.57 Å². The fourth-order valence-electron chi connectivity index (χ4n) is 2.21. The largest absolute Gasteiger partial charge is 0.449 e. The van der Waals surface area contributed by atoms with E-state index in [2.05, 4.69) is 16.7 Å². The van der Waals surface area contributed by atoms with Gasteiger partial charge in [0.25, 0.3) is 5.89 Å². The number of benzene rings is 1. The molecule has 5 heteroatoms. The average Bonchev–Trinajstić information content (AvgIpc) is 2.98. The molecule has 3 rings (SSSR count). The van der Waals surface area contributed by atoms with Gasteiger partial charge >= 0.3 is 0 Å². The van der Waals surface area contributed by atoms with E-state index in [0.717, 1.165) is 29.1 Å². The van der Waals surface area contributed by atoms with E-state index in [4.69, 9.17) is 14.0 Å². The van der Waals surface area contributed by atoms with Crippen molar-refractivity contribution in [1.29, 1.82) is 0 Å². The second-order valence-electron chi connectivity index (χ2n) is 5.68. The van der Waals surface area contributed by atoms with Gasteiger partial charge in [0.05, 0.1) is 0 Å². The Morgan fingerprint density at radius 1 is 1.19 bits per heavy atom. The van der Waals surface area contributed by atoms with Gasteiger partial charge in [0.1, 0.15) is 0 Å². The van der Waals surface area contributed by atoms with E-state index < -0.39 is 5.79 Å². The molecule has 0 saturated carbocycles. The fourth-order valence-corrected chi connectivity index (χ4v) is 2.21. The zero-order valence-corrected chi connectivity index (χ0v) is 12.5. The van der Waals surface area contributed by atoms with Crippen LogP contribution < -0.4 is 9.47 Å². The quantitative estimate of drug-likeness (QED) is 0.862. The Bertz CT molecular complexity index is 689. The Kier molecular flexibility index (Phi) is 3.20. The number of hydrogen-bond donors (Lipinski definition) is 0. The zero-order chi connectivity index (χ0) is 15.0. The Balaban J connectivity index is 1.68. The van der Waals surface area contributed by atoms with Gasteiger partial charge in [0, 0.05) is 25.8 Å². The minimum absolute atomic E-state index is 0.498. The van der Waals surface area contributed by atoms with Crippen LogP contribution >= 0.6 is 0 Å². The van der Waals surface area contributed by atoms with Crippen LogP contribution in [0.5, 0.6) is 11.5 Å². The van der Waals surface area contributed by atoms with Gasteiger partial charge in [-0.15, -0.1) is 0 Å². The van der Waals surface area contributed by atoms with Gasteiger partial charge in [0.15, 0.2) is 17.3 Å². The summed E-state index contributed by atoms with van der Waals surface area (Å²) < 4.78 is 16.5. The third kappa shape index (κ3) is 2.91. The Morgan fingerprint density at radius 2 is 1.95 bits per heavy atom. The molecular formula is C16H18N2O3. The molecule has 0 radical (unpaired) electrons. The standard InChI is InChI=1S/C16H18N2O3/c1-10(2)15-17-14(18-21-15)8-6-11-5-7-12-13(9-11)20-16(3,4)19-12/h5,7,9H,1,6,8H2,2-4H3. The minimum Gasteiger partial charge on any atom is -0.449 e. The van der Waals surface area contributed by atoms with E-state index in [0.29, 0.717) is 18.1 Å². The van der Waals surface area contributed by atoms with Gasteiger partial charge < -0.3 is 14.0 Å². The summed E-state index contributed by atoms with van der Waals surface area (Å²) in [5, 5.41) is 3.95. The molecule has 0 amide bonds. The first-order valence-corrected chi connectivity index (χ1v) is 6.92. The van der Waals surface area contributed by atoms with Crippen LogP contribution in [0.4, 0.5) is 0 Å². The molecule has 2 aromatic rings. The maximum Gasteiger partial charge on any atom is 0.252 e. The molecule has 0 saturated heterocycles. The lowest BCUT2D eigenvalue weighted by Gasteiger charge is -2.16. The summed E-state index contributed by atoms with van der Waals surface area (Å²) in [4.78, 5) is 4.29. The molecule has 1 aliphatic rings. The van der Waals surface area contributed by atoms with Crippen molar-refractivity contribution < 1.29 is 14.0 Å². The summed E-state index contributed by atoms with van der Waals surface area (Å²) in [6.45, 7) is 9.42. The van der Waals surface area contributed by atoms with Crippen molar-refractivity contribution in [3.63, 3.8) is 0 Å². The molecule has 1 aromatic heterocycles. The van der Waals surface area contributed by atoms with Gasteiger partial charge in [-0.3, -0.25) is 0 Å². The molecule has 0 fully saturated rings. The topological polar surface area (TPSA) is 57.4 Å². The van der Waals surface area contributed by atoms with Crippen molar-refractivity contribution in [3.8, 4) is 11.5 Å². The number of aryl methyl sites for hydroxylation is 2. The number of nitrogens with zero attached hydrogens (tertiary/aromatic N) is 2. The van der Waals surface area contributed by atoms with E-state index in [-0.39, 0.29) is 0 Å². The third-order valence-electron chi connectivity index (χ3n) is 3.19. The summed E-state index contributed by atoms with van der Waals surface area (Å²) in [5.41, 5.74) is 1.93. The lowest BCUT2D eigenvalue weighted by atomic mass is 10.1. The van der Waals surface area contributed by atoms with Crippen LogP contribution in [0.1, 0.15) is 38.0 Å². The van der Waals surface area contributed by atoms with Crippen LogP contribution in [0.2, 0.25) is 0 Å². The summed E-state index contributed by atoms with van der Waals surface area (Å²) in [6, 6.07) is 5.97. The third-order valence-corrected chi connectivity index (χ3v) is 3.19. The molecule has 21 heavy (non-hydrogen) atoms. The lowest BCUT2D eigenvalue weighted by Crippen LogP contribution is -2.29. The van der Waals surface area contributed by atoms with E-state index in [1.165, 1.54) is 0 Å². The predicted molar refractivity (Wildman–Crippen MR) is 78.2 cm³/mol. The molecule has 1 aliphatic heterocycles. The smallest absolute Gasteiger partial charge is 0.252 e. The maximum absolute atomic E-state index is 5.74. The van der Waals surface area contributed by atoms with E-state index in [9.17, 15) is 0 Å². The highest BCUT2D eigenvalue weighted by Gasteiger charge is 2.31. The van der Waals surface area contributed by atoms with Gasteiger partial charge in [-0.25, -0.2) is 0 Å². The molecule has 0 aliphatic carbocycles. The number of allylic oxidation sites excluding steroid dienone is 1. The van der Waals surface area contributed by atoms with E-state index in [1.807, 2.05) is 39.0 Å². The van der Waals surface area contributed by atoms with Crippen molar-refractivity contribution in [1.82, 2.24) is 10.1 Å². The fraction of sp³-hybridized carbons (Fsp3) is 0.375. The number of ether oxygens (including phenoxy) is 2. The molecule has 1 aromatic carbocycles. The first-order chi connectivity index (χ1) is 9.93. The SMILES string of the molecule is C=C(C)c1nc(CCc2ccc3c(c2)OC(C)(C)O3)no1. The van der Waals surface area contributed by atoms with Crippen LogP contribution in [0.15, 0.2) is 29.3 Å². The summed E-state index contributed by atoms with van der Waals surface area (Å²) in [6.07, 6.45) is 1.52. The Labute approximate surface area is 123 Å². The Hall–Kier alpha value is -2.30. The lowest BCUT2D eigenvalue weighted by molar-refractivity contribution is -0.0431. The van der Waals surface area contributed by atoms with Crippen LogP contribution in [-0.4, -0.2) is 15.9 Å². The molecule has 110 valence electrons. The minimum atomic E-state index is -0.592. The molecule has 0 bridgehead atoms. The number of rotatable bonds is 4. The molecule has 0 spiro atoms. The molecule has 2 heterocycles. The first-order valence-electron chi connectivity index (χ1n) is 6.92. The zero-order valence-electron chi connectivity index (χ0n) is 12.5. The first kappa shape index (κ1) is 13.7. The summed E-state index contributed by atoms with van der Waals surface area (Å²) >= 11 is 0. The van der Waals surface area contributed by atoms with Gasteiger partial charge in [-0.2, -0.15) is 4.98 Å². The maximum atomic E-state index is 5.74. The van der Waals surface area contributed by atoms with Crippen molar-refractivity contribution in [2.75, 3.05) is 0 Å². The summed E-state index contributed by atoms with van der Waals surface area (Å²) in [5.74, 6) is 2.16. The number of aromatic nitrogens is 2. The normalized spacial score (nSPS) is 15.2. The van der Waals surface area contributed by atoms with Gasteiger partial charge in [-0.1, -0.05) is 17.8 Å². The van der Waals surface area contributed by atoms with Crippen molar-refractivity contribution in [2.24, 2.45) is 0 Å². The van der Waals surface area contributed by atoms with E-state index in [1.54, 1.807) is 0 Å². The van der Waals surface area contributed by atoms with Crippen LogP contribution in [0.3, 0.4) is 0 Å². The Morgan fingerprint density at radius 3 is 2.67 bits per heavy atom. The molecular weight excluding hydrogens is 268 g/mol. The van der Waals surface area contributed by atoms with Gasteiger partial charge in [0.2, 0.25) is 5.79 Å². The highest BCUT2D eigenvalue weighted by Crippen LogP contribution is 2.39. The molecule has 0 unspecified atom stereocenters. The van der Waals surface area contributed by atoms with E-state index >= 15 is 0 Å². The van der Waals surface area contributed by atoms with Crippen LogP contribution in [0.25, 0.3) is 5.57 Å². The molecule has 5 nitrogen and oxygen atoms in total. The number of fused-ring (bicyclic) bond motifs is 1. The second-order valence-corrected chi connectivity index (χ2v) is 5.68. The van der Waals surface area contributed by atoms with Crippen LogP contribution in [-0.2, 0) is 12.8 Å². The van der Waals surface area contributed by atoms with Gasteiger partial charge in [-0.05, 0) is 31.0 Å². The highest BCUT2D eigenvalue weighted by molar-refractivity contribution is 5.52. The molecule has 0 atom stereocenters. The second kappa shape index (κ2) is 4.91. The number of hydrogen-bond acceptors (Lipinski definition) is 5. The predicted octanol–water partition coefficient (Wildman–Crippen LogP) is 3.40. The highest BCUT2D eigenvalue weighted by atomic mass is 16.7. The van der Waals surface area contributed by atoms with Crippen LogP contribution in [0, 0.1) is 0 Å². The summed E-state index contributed by atoms with van der Waals surface area (Å²) in [7, 11) is 0. The van der Waals surface area contributed by atoms with Crippen molar-refractivity contribution in [3.05, 3.63) is 42.1 Å². The van der Waals surface area contributed by atoms with Crippen molar-refractivity contribution in [2.45, 2.75) is 39.4 Å².